The number of aryl methyl sites for hydroxylation is 2. The van der Waals surface area contributed by atoms with Crippen LogP contribution in [0, 0.1) is 13.8 Å². The van der Waals surface area contributed by atoms with Gasteiger partial charge in [0.15, 0.2) is 6.61 Å². The van der Waals surface area contributed by atoms with Gasteiger partial charge in [0.2, 0.25) is 0 Å². The van der Waals surface area contributed by atoms with Gasteiger partial charge in [0.1, 0.15) is 17.1 Å². The molecule has 1 saturated heterocycles. The number of amides is 1. The first-order chi connectivity index (χ1) is 15.0. The molecule has 1 aromatic heterocycles. The Hall–Kier alpha value is -3.08. The molecule has 2 aromatic carbocycles. The zero-order valence-electron chi connectivity index (χ0n) is 18.6. The van der Waals surface area contributed by atoms with E-state index in [1.54, 1.807) is 0 Å². The molecule has 1 aliphatic rings. The van der Waals surface area contributed by atoms with E-state index in [1.165, 1.54) is 19.3 Å². The molecule has 1 amide bonds. The maximum atomic E-state index is 12.5. The predicted molar refractivity (Wildman–Crippen MR) is 127 cm³/mol. The summed E-state index contributed by atoms with van der Waals surface area (Å²) in [5.74, 6) is 1.45. The number of para-hydroxylation sites is 1. The number of aromatic nitrogens is 1. The van der Waals surface area contributed by atoms with Crippen LogP contribution in [0.5, 0.6) is 5.75 Å². The second-order valence-corrected chi connectivity index (χ2v) is 8.46. The molecule has 0 radical (unpaired) electrons. The van der Waals surface area contributed by atoms with Gasteiger partial charge in [-0.05, 0) is 81.0 Å². The molecule has 31 heavy (non-hydrogen) atoms. The van der Waals surface area contributed by atoms with E-state index in [0.29, 0.717) is 11.8 Å². The van der Waals surface area contributed by atoms with Gasteiger partial charge in [-0.25, -0.2) is 4.98 Å². The van der Waals surface area contributed by atoms with Gasteiger partial charge in [0, 0.05) is 23.7 Å². The molecule has 2 heterocycles. The zero-order valence-corrected chi connectivity index (χ0v) is 18.6. The van der Waals surface area contributed by atoms with Crippen molar-refractivity contribution in [1.82, 2.24) is 4.98 Å². The number of nitrogens with zero attached hydrogens (tertiary/aromatic N) is 2. The first-order valence-corrected chi connectivity index (χ1v) is 11.2. The van der Waals surface area contributed by atoms with E-state index >= 15 is 0 Å². The lowest BCUT2D eigenvalue weighted by Gasteiger charge is -2.36. The van der Waals surface area contributed by atoms with Crippen LogP contribution in [0.3, 0.4) is 0 Å². The van der Waals surface area contributed by atoms with Gasteiger partial charge < -0.3 is 15.0 Å². The average Bonchev–Trinajstić information content (AvgIpc) is 2.76. The minimum absolute atomic E-state index is 0.0562. The Morgan fingerprint density at radius 2 is 1.94 bits per heavy atom. The summed E-state index contributed by atoms with van der Waals surface area (Å²) in [4.78, 5) is 19.9. The molecular formula is C26H31N3O2. The van der Waals surface area contributed by atoms with Crippen molar-refractivity contribution in [3.05, 3.63) is 59.7 Å². The number of piperidine rings is 1. The van der Waals surface area contributed by atoms with E-state index in [1.807, 2.05) is 44.2 Å². The topological polar surface area (TPSA) is 54.5 Å². The maximum absolute atomic E-state index is 12.5. The molecule has 0 bridgehead atoms. The zero-order chi connectivity index (χ0) is 21.8. The summed E-state index contributed by atoms with van der Waals surface area (Å²) >= 11 is 0. The normalized spacial score (nSPS) is 16.4. The number of hydrogen-bond donors (Lipinski definition) is 1. The molecule has 162 valence electrons. The number of fused-ring (bicyclic) bond motifs is 1. The first-order valence-electron chi connectivity index (χ1n) is 11.2. The van der Waals surface area contributed by atoms with Crippen LogP contribution in [0.15, 0.2) is 48.5 Å². The van der Waals surface area contributed by atoms with E-state index in [4.69, 9.17) is 9.72 Å². The SMILES string of the molecule is CCC1CCCCN1c1ccc2cccc(OCC(=O)Nc3cc(C)cc(C)c3)c2n1. The Labute approximate surface area is 184 Å². The second-order valence-electron chi connectivity index (χ2n) is 8.46. The third kappa shape index (κ3) is 4.98. The molecule has 1 aliphatic heterocycles. The maximum Gasteiger partial charge on any atom is 0.262 e. The number of benzene rings is 2. The lowest BCUT2D eigenvalue weighted by atomic mass is 10.00. The van der Waals surface area contributed by atoms with Crippen LogP contribution in [0.4, 0.5) is 11.5 Å². The lowest BCUT2D eigenvalue weighted by molar-refractivity contribution is -0.118. The van der Waals surface area contributed by atoms with Crippen LogP contribution in [-0.2, 0) is 4.79 Å². The van der Waals surface area contributed by atoms with Crippen molar-refractivity contribution in [3.63, 3.8) is 0 Å². The van der Waals surface area contributed by atoms with E-state index in [0.717, 1.165) is 46.5 Å². The van der Waals surface area contributed by atoms with Crippen molar-refractivity contribution in [1.29, 1.82) is 0 Å². The quantitative estimate of drug-likeness (QED) is 0.564. The molecule has 0 saturated carbocycles. The highest BCUT2D eigenvalue weighted by Crippen LogP contribution is 2.30. The van der Waals surface area contributed by atoms with Crippen LogP contribution in [0.1, 0.15) is 43.7 Å². The molecule has 1 fully saturated rings. The van der Waals surface area contributed by atoms with Gasteiger partial charge in [0.25, 0.3) is 5.91 Å². The first kappa shape index (κ1) is 21.2. The van der Waals surface area contributed by atoms with E-state index in [2.05, 4.69) is 35.3 Å². The summed E-state index contributed by atoms with van der Waals surface area (Å²) in [6.45, 7) is 7.26. The van der Waals surface area contributed by atoms with Crippen LogP contribution in [0.25, 0.3) is 10.9 Å². The average molecular weight is 418 g/mol. The molecular weight excluding hydrogens is 386 g/mol. The van der Waals surface area contributed by atoms with Crippen molar-refractivity contribution in [3.8, 4) is 5.75 Å². The third-order valence-corrected chi connectivity index (χ3v) is 5.93. The number of rotatable bonds is 6. The molecule has 4 rings (SSSR count). The summed E-state index contributed by atoms with van der Waals surface area (Å²) in [6.07, 6.45) is 4.82. The van der Waals surface area contributed by atoms with E-state index in [9.17, 15) is 4.79 Å². The summed E-state index contributed by atoms with van der Waals surface area (Å²) in [6, 6.07) is 16.6. The third-order valence-electron chi connectivity index (χ3n) is 5.93. The molecule has 1 N–H and O–H groups in total. The fourth-order valence-corrected chi connectivity index (χ4v) is 4.50. The summed E-state index contributed by atoms with van der Waals surface area (Å²) in [5, 5.41) is 3.94. The van der Waals surface area contributed by atoms with Crippen molar-refractivity contribution < 1.29 is 9.53 Å². The number of ether oxygens (including phenoxy) is 1. The van der Waals surface area contributed by atoms with Crippen molar-refractivity contribution >= 4 is 28.3 Å². The van der Waals surface area contributed by atoms with Crippen LogP contribution in [0.2, 0.25) is 0 Å². The molecule has 0 spiro atoms. The highest BCUT2D eigenvalue weighted by molar-refractivity contribution is 5.92. The standard InChI is InChI=1S/C26H31N3O2/c1-4-22-9-5-6-13-29(22)24-12-11-20-8-7-10-23(26(20)28-24)31-17-25(30)27-21-15-18(2)14-19(3)16-21/h7-8,10-12,14-16,22H,4-6,9,13,17H2,1-3H3,(H,27,30). The van der Waals surface area contributed by atoms with Gasteiger partial charge in [-0.3, -0.25) is 4.79 Å². The van der Waals surface area contributed by atoms with Crippen molar-refractivity contribution in [2.75, 3.05) is 23.4 Å². The fraction of sp³-hybridized carbons (Fsp3) is 0.385. The lowest BCUT2D eigenvalue weighted by Crippen LogP contribution is -2.39. The fourth-order valence-electron chi connectivity index (χ4n) is 4.50. The molecule has 5 heteroatoms. The Kier molecular flexibility index (Phi) is 6.40. The number of carbonyl (C=O) groups excluding carboxylic acids is 1. The highest BCUT2D eigenvalue weighted by Gasteiger charge is 2.22. The molecule has 1 unspecified atom stereocenters. The monoisotopic (exact) mass is 417 g/mol. The number of carbonyl (C=O) groups is 1. The van der Waals surface area contributed by atoms with Gasteiger partial charge in [-0.2, -0.15) is 0 Å². The number of hydrogen-bond acceptors (Lipinski definition) is 4. The van der Waals surface area contributed by atoms with Gasteiger partial charge in [0.05, 0.1) is 0 Å². The summed E-state index contributed by atoms with van der Waals surface area (Å²) in [7, 11) is 0. The number of nitrogens with one attached hydrogen (secondary N) is 1. The van der Waals surface area contributed by atoms with Crippen LogP contribution >= 0.6 is 0 Å². The molecule has 1 atom stereocenters. The van der Waals surface area contributed by atoms with Gasteiger partial charge >= 0.3 is 0 Å². The van der Waals surface area contributed by atoms with Crippen molar-refractivity contribution in [2.24, 2.45) is 0 Å². The van der Waals surface area contributed by atoms with Crippen molar-refractivity contribution in [2.45, 2.75) is 52.5 Å². The Bertz CT molecular complexity index is 1060. The van der Waals surface area contributed by atoms with E-state index < -0.39 is 0 Å². The predicted octanol–water partition coefficient (Wildman–Crippen LogP) is 5.64. The smallest absolute Gasteiger partial charge is 0.262 e. The molecule has 3 aromatic rings. The summed E-state index contributed by atoms with van der Waals surface area (Å²) < 4.78 is 5.92. The largest absolute Gasteiger partial charge is 0.481 e. The Morgan fingerprint density at radius 3 is 2.71 bits per heavy atom. The molecule has 5 nitrogen and oxygen atoms in total. The highest BCUT2D eigenvalue weighted by atomic mass is 16.5. The minimum Gasteiger partial charge on any atom is -0.481 e. The Balaban J connectivity index is 1.51. The number of pyridine rings is 1. The van der Waals surface area contributed by atoms with Gasteiger partial charge in [-0.15, -0.1) is 0 Å². The van der Waals surface area contributed by atoms with Gasteiger partial charge in [-0.1, -0.05) is 25.1 Å². The molecule has 0 aliphatic carbocycles. The Morgan fingerprint density at radius 1 is 1.13 bits per heavy atom. The summed E-state index contributed by atoms with van der Waals surface area (Å²) in [5.41, 5.74) is 3.83. The van der Waals surface area contributed by atoms with E-state index in [-0.39, 0.29) is 12.5 Å². The van der Waals surface area contributed by atoms with Crippen LogP contribution in [-0.4, -0.2) is 30.1 Å². The second kappa shape index (κ2) is 9.38. The number of anilines is 2. The van der Waals surface area contributed by atoms with Crippen LogP contribution < -0.4 is 15.0 Å². The minimum atomic E-state index is -0.180.